The van der Waals surface area contributed by atoms with Crippen LogP contribution < -0.4 is 10.1 Å². The molecule has 2 rings (SSSR count). The van der Waals surface area contributed by atoms with Crippen LogP contribution in [0.2, 0.25) is 0 Å². The standard InChI is InChI=1S/C14H20N4O2/c1-11(2)20-14-13(4-3-5-15-14)16-8-12-9-17-18(10-12)6-7-19/h3-5,9-11,16,19H,6-8H2,1-2H3. The molecule has 0 spiro atoms. The molecule has 0 bridgehead atoms. The largest absolute Gasteiger partial charge is 0.473 e. The van der Waals surface area contributed by atoms with E-state index in [1.165, 1.54) is 0 Å². The van der Waals surface area contributed by atoms with E-state index < -0.39 is 0 Å². The second kappa shape index (κ2) is 6.91. The summed E-state index contributed by atoms with van der Waals surface area (Å²) in [5, 5.41) is 16.3. The van der Waals surface area contributed by atoms with E-state index in [-0.39, 0.29) is 12.7 Å². The van der Waals surface area contributed by atoms with Gasteiger partial charge in [-0.1, -0.05) is 0 Å². The van der Waals surface area contributed by atoms with E-state index in [1.54, 1.807) is 17.1 Å². The Balaban J connectivity index is 1.99. The number of aliphatic hydroxyl groups excluding tert-OH is 1. The molecule has 0 amide bonds. The van der Waals surface area contributed by atoms with Crippen molar-refractivity contribution in [3.63, 3.8) is 0 Å². The van der Waals surface area contributed by atoms with E-state index >= 15 is 0 Å². The number of rotatable bonds is 7. The summed E-state index contributed by atoms with van der Waals surface area (Å²) in [6.45, 7) is 5.17. The van der Waals surface area contributed by atoms with Gasteiger partial charge in [0.1, 0.15) is 0 Å². The zero-order valence-corrected chi connectivity index (χ0v) is 11.8. The van der Waals surface area contributed by atoms with Crippen LogP contribution in [-0.4, -0.2) is 32.6 Å². The topological polar surface area (TPSA) is 72.2 Å². The maximum Gasteiger partial charge on any atom is 0.237 e. The Bertz CT molecular complexity index is 539. The van der Waals surface area contributed by atoms with Crippen molar-refractivity contribution in [1.29, 1.82) is 0 Å². The molecule has 2 aromatic rings. The third kappa shape index (κ3) is 3.96. The van der Waals surface area contributed by atoms with Crippen LogP contribution in [-0.2, 0) is 13.1 Å². The minimum atomic E-state index is 0.0813. The van der Waals surface area contributed by atoms with E-state index in [4.69, 9.17) is 9.84 Å². The second-order valence-corrected chi connectivity index (χ2v) is 4.71. The summed E-state index contributed by atoms with van der Waals surface area (Å²) >= 11 is 0. The van der Waals surface area contributed by atoms with E-state index in [0.717, 1.165) is 11.3 Å². The Morgan fingerprint density at radius 2 is 2.30 bits per heavy atom. The van der Waals surface area contributed by atoms with Gasteiger partial charge >= 0.3 is 0 Å². The van der Waals surface area contributed by atoms with Crippen LogP contribution in [0.15, 0.2) is 30.7 Å². The van der Waals surface area contributed by atoms with Crippen LogP contribution >= 0.6 is 0 Å². The fraction of sp³-hybridized carbons (Fsp3) is 0.429. The average Bonchev–Trinajstić information content (AvgIpc) is 2.85. The number of nitrogens with zero attached hydrogens (tertiary/aromatic N) is 3. The van der Waals surface area contributed by atoms with Crippen molar-refractivity contribution in [2.45, 2.75) is 33.0 Å². The molecule has 0 aromatic carbocycles. The fourth-order valence-corrected chi connectivity index (χ4v) is 1.76. The van der Waals surface area contributed by atoms with E-state index in [2.05, 4.69) is 15.4 Å². The summed E-state index contributed by atoms with van der Waals surface area (Å²) in [6.07, 6.45) is 5.48. The molecule has 20 heavy (non-hydrogen) atoms. The molecule has 2 N–H and O–H groups in total. The van der Waals surface area contributed by atoms with Gasteiger partial charge in [0.25, 0.3) is 0 Å². The first kappa shape index (κ1) is 14.3. The SMILES string of the molecule is CC(C)Oc1ncccc1NCc1cnn(CCO)c1. The lowest BCUT2D eigenvalue weighted by Gasteiger charge is -2.13. The molecular formula is C14H20N4O2. The maximum atomic E-state index is 8.86. The first-order valence-corrected chi connectivity index (χ1v) is 6.66. The van der Waals surface area contributed by atoms with Gasteiger partial charge < -0.3 is 15.2 Å². The fourth-order valence-electron chi connectivity index (χ4n) is 1.76. The molecule has 0 atom stereocenters. The molecule has 0 unspecified atom stereocenters. The minimum absolute atomic E-state index is 0.0813. The predicted molar refractivity (Wildman–Crippen MR) is 76.6 cm³/mol. The summed E-state index contributed by atoms with van der Waals surface area (Å²) in [6, 6.07) is 3.80. The monoisotopic (exact) mass is 276 g/mol. The van der Waals surface area contributed by atoms with Gasteiger partial charge in [-0.25, -0.2) is 4.98 Å². The molecule has 108 valence electrons. The Hall–Kier alpha value is -2.08. The van der Waals surface area contributed by atoms with Crippen molar-refractivity contribution in [2.75, 3.05) is 11.9 Å². The van der Waals surface area contributed by atoms with Gasteiger partial charge in [0.05, 0.1) is 31.1 Å². The number of nitrogens with one attached hydrogen (secondary N) is 1. The van der Waals surface area contributed by atoms with Crippen molar-refractivity contribution in [3.8, 4) is 5.88 Å². The molecule has 0 saturated heterocycles. The molecule has 0 fully saturated rings. The molecule has 6 heteroatoms. The van der Waals surface area contributed by atoms with Crippen LogP contribution in [0.5, 0.6) is 5.88 Å². The van der Waals surface area contributed by atoms with Gasteiger partial charge in [0.15, 0.2) is 0 Å². The van der Waals surface area contributed by atoms with Crippen molar-refractivity contribution in [1.82, 2.24) is 14.8 Å². The number of pyridine rings is 1. The number of aromatic nitrogens is 3. The Morgan fingerprint density at radius 3 is 3.05 bits per heavy atom. The second-order valence-electron chi connectivity index (χ2n) is 4.71. The smallest absolute Gasteiger partial charge is 0.237 e. The quantitative estimate of drug-likeness (QED) is 0.805. The van der Waals surface area contributed by atoms with Gasteiger partial charge in [-0.15, -0.1) is 0 Å². The number of hydrogen-bond donors (Lipinski definition) is 2. The summed E-state index contributed by atoms with van der Waals surface area (Å²) in [5.41, 5.74) is 1.90. The molecule has 0 aliphatic carbocycles. The molecule has 2 aromatic heterocycles. The molecule has 0 radical (unpaired) electrons. The van der Waals surface area contributed by atoms with Gasteiger partial charge in [-0.05, 0) is 26.0 Å². The predicted octanol–water partition coefficient (Wildman–Crippen LogP) is 1.67. The van der Waals surface area contributed by atoms with Gasteiger partial charge in [-0.3, -0.25) is 4.68 Å². The van der Waals surface area contributed by atoms with Crippen LogP contribution in [0.1, 0.15) is 19.4 Å². The summed E-state index contributed by atoms with van der Waals surface area (Å²) in [7, 11) is 0. The third-order valence-electron chi connectivity index (χ3n) is 2.62. The molecule has 2 heterocycles. The normalized spacial score (nSPS) is 10.8. The number of aliphatic hydroxyl groups is 1. The molecule has 0 saturated carbocycles. The Morgan fingerprint density at radius 1 is 1.45 bits per heavy atom. The van der Waals surface area contributed by atoms with Crippen molar-refractivity contribution in [2.24, 2.45) is 0 Å². The lowest BCUT2D eigenvalue weighted by molar-refractivity contribution is 0.234. The summed E-state index contributed by atoms with van der Waals surface area (Å²) in [5.74, 6) is 0.602. The molecular weight excluding hydrogens is 256 g/mol. The number of hydrogen-bond acceptors (Lipinski definition) is 5. The van der Waals surface area contributed by atoms with E-state index in [1.807, 2.05) is 32.2 Å². The van der Waals surface area contributed by atoms with E-state index in [9.17, 15) is 0 Å². The third-order valence-corrected chi connectivity index (χ3v) is 2.62. The van der Waals surface area contributed by atoms with Crippen molar-refractivity contribution < 1.29 is 9.84 Å². The van der Waals surface area contributed by atoms with Gasteiger partial charge in [0.2, 0.25) is 5.88 Å². The summed E-state index contributed by atoms with van der Waals surface area (Å²) < 4.78 is 7.36. The highest BCUT2D eigenvalue weighted by Gasteiger charge is 2.07. The zero-order valence-electron chi connectivity index (χ0n) is 11.8. The van der Waals surface area contributed by atoms with Crippen LogP contribution in [0.25, 0.3) is 0 Å². The summed E-state index contributed by atoms with van der Waals surface area (Å²) in [4.78, 5) is 4.23. The van der Waals surface area contributed by atoms with Crippen LogP contribution in [0, 0.1) is 0 Å². The minimum Gasteiger partial charge on any atom is -0.473 e. The zero-order chi connectivity index (χ0) is 14.4. The Kier molecular flexibility index (Phi) is 4.95. The lowest BCUT2D eigenvalue weighted by atomic mass is 10.3. The van der Waals surface area contributed by atoms with Crippen LogP contribution in [0.4, 0.5) is 5.69 Å². The van der Waals surface area contributed by atoms with Gasteiger partial charge in [-0.2, -0.15) is 5.10 Å². The molecule has 0 aliphatic heterocycles. The van der Waals surface area contributed by atoms with Crippen LogP contribution in [0.3, 0.4) is 0 Å². The number of anilines is 1. The first-order chi connectivity index (χ1) is 9.69. The Labute approximate surface area is 118 Å². The highest BCUT2D eigenvalue weighted by atomic mass is 16.5. The highest BCUT2D eigenvalue weighted by Crippen LogP contribution is 2.22. The van der Waals surface area contributed by atoms with E-state index in [0.29, 0.717) is 19.0 Å². The highest BCUT2D eigenvalue weighted by molar-refractivity contribution is 5.52. The maximum absolute atomic E-state index is 8.86. The molecule has 0 aliphatic rings. The molecule has 6 nitrogen and oxygen atoms in total. The number of ether oxygens (including phenoxy) is 1. The average molecular weight is 276 g/mol. The lowest BCUT2D eigenvalue weighted by Crippen LogP contribution is -2.10. The van der Waals surface area contributed by atoms with Crippen molar-refractivity contribution in [3.05, 3.63) is 36.3 Å². The van der Waals surface area contributed by atoms with Crippen molar-refractivity contribution >= 4 is 5.69 Å². The first-order valence-electron chi connectivity index (χ1n) is 6.66. The van der Waals surface area contributed by atoms with Gasteiger partial charge in [0, 0.05) is 24.5 Å².